The molecule has 0 spiro atoms. The molecule has 1 heterocycles. The van der Waals surface area contributed by atoms with Crippen molar-refractivity contribution in [3.05, 3.63) is 11.3 Å². The third-order valence-corrected chi connectivity index (χ3v) is 1.81. The van der Waals surface area contributed by atoms with Gasteiger partial charge in [-0.05, 0) is 6.42 Å². The molecule has 0 unspecified atom stereocenters. The van der Waals surface area contributed by atoms with E-state index in [9.17, 15) is 4.79 Å². The fourth-order valence-corrected chi connectivity index (χ4v) is 1.26. The summed E-state index contributed by atoms with van der Waals surface area (Å²) >= 11 is 0. The molecule has 0 saturated carbocycles. The molecule has 1 rings (SSSR count). The molecule has 0 aromatic carbocycles. The standard InChI is InChI=1S/C8H12N2O3/c1-4-5-6(8(11)12)7(13-3)10(2)9-5/h4H2,1-3H3,(H,11,12). The second-order valence-corrected chi connectivity index (χ2v) is 2.61. The Morgan fingerprint density at radius 1 is 1.69 bits per heavy atom. The highest BCUT2D eigenvalue weighted by molar-refractivity contribution is 5.91. The molecule has 1 aromatic rings. The topological polar surface area (TPSA) is 64.4 Å². The quantitative estimate of drug-likeness (QED) is 0.750. The van der Waals surface area contributed by atoms with Crippen LogP contribution in [0.1, 0.15) is 23.0 Å². The lowest BCUT2D eigenvalue weighted by molar-refractivity contribution is 0.0692. The Morgan fingerprint density at radius 2 is 2.31 bits per heavy atom. The Kier molecular flexibility index (Phi) is 2.55. The maximum Gasteiger partial charge on any atom is 0.343 e. The summed E-state index contributed by atoms with van der Waals surface area (Å²) in [4.78, 5) is 10.8. The third kappa shape index (κ3) is 1.49. The van der Waals surface area contributed by atoms with Crippen LogP contribution in [0.15, 0.2) is 0 Å². The van der Waals surface area contributed by atoms with E-state index in [4.69, 9.17) is 9.84 Å². The predicted molar refractivity (Wildman–Crippen MR) is 46.1 cm³/mol. The van der Waals surface area contributed by atoms with Gasteiger partial charge in [-0.1, -0.05) is 6.92 Å². The van der Waals surface area contributed by atoms with Crippen LogP contribution < -0.4 is 4.74 Å². The molecule has 0 saturated heterocycles. The first kappa shape index (κ1) is 9.57. The highest BCUT2D eigenvalue weighted by Gasteiger charge is 2.21. The van der Waals surface area contributed by atoms with Gasteiger partial charge in [0.1, 0.15) is 5.56 Å². The minimum atomic E-state index is -0.998. The van der Waals surface area contributed by atoms with Gasteiger partial charge in [0.05, 0.1) is 12.8 Å². The molecule has 1 N–H and O–H groups in total. The number of methoxy groups -OCH3 is 1. The molecule has 72 valence electrons. The summed E-state index contributed by atoms with van der Waals surface area (Å²) in [5, 5.41) is 12.9. The Morgan fingerprint density at radius 3 is 2.69 bits per heavy atom. The highest BCUT2D eigenvalue weighted by atomic mass is 16.5. The number of carboxylic acids is 1. The summed E-state index contributed by atoms with van der Waals surface area (Å²) in [5.41, 5.74) is 0.708. The van der Waals surface area contributed by atoms with Crippen LogP contribution >= 0.6 is 0 Å². The molecule has 0 bridgehead atoms. The van der Waals surface area contributed by atoms with Crippen molar-refractivity contribution in [1.82, 2.24) is 9.78 Å². The molecule has 0 radical (unpaired) electrons. The van der Waals surface area contributed by atoms with E-state index in [-0.39, 0.29) is 5.56 Å². The molecular formula is C8H12N2O3. The Bertz CT molecular complexity index is 330. The van der Waals surface area contributed by atoms with E-state index >= 15 is 0 Å². The normalized spacial score (nSPS) is 10.1. The van der Waals surface area contributed by atoms with Crippen molar-refractivity contribution in [3.8, 4) is 5.88 Å². The minimum Gasteiger partial charge on any atom is -0.481 e. The molecule has 0 aliphatic carbocycles. The lowest BCUT2D eigenvalue weighted by atomic mass is 10.2. The van der Waals surface area contributed by atoms with Gasteiger partial charge in [0.15, 0.2) is 0 Å². The fraction of sp³-hybridized carbons (Fsp3) is 0.500. The van der Waals surface area contributed by atoms with Crippen LogP contribution in [-0.4, -0.2) is 28.0 Å². The van der Waals surface area contributed by atoms with Crippen molar-refractivity contribution in [2.75, 3.05) is 7.11 Å². The van der Waals surface area contributed by atoms with Crippen LogP contribution in [0.3, 0.4) is 0 Å². The summed E-state index contributed by atoms with van der Waals surface area (Å²) in [5.74, 6) is -0.703. The van der Waals surface area contributed by atoms with Crippen molar-refractivity contribution in [3.63, 3.8) is 0 Å². The number of carbonyl (C=O) groups is 1. The van der Waals surface area contributed by atoms with Gasteiger partial charge in [0, 0.05) is 7.05 Å². The second kappa shape index (κ2) is 3.47. The van der Waals surface area contributed by atoms with E-state index in [1.807, 2.05) is 6.92 Å². The molecule has 5 nitrogen and oxygen atoms in total. The third-order valence-electron chi connectivity index (χ3n) is 1.81. The second-order valence-electron chi connectivity index (χ2n) is 2.61. The highest BCUT2D eigenvalue weighted by Crippen LogP contribution is 2.21. The van der Waals surface area contributed by atoms with Gasteiger partial charge in [0.25, 0.3) is 0 Å². The van der Waals surface area contributed by atoms with Crippen LogP contribution in [0.25, 0.3) is 0 Å². The van der Waals surface area contributed by atoms with Gasteiger partial charge in [0.2, 0.25) is 5.88 Å². The summed E-state index contributed by atoms with van der Waals surface area (Å²) in [6.07, 6.45) is 0.582. The summed E-state index contributed by atoms with van der Waals surface area (Å²) < 4.78 is 6.37. The summed E-state index contributed by atoms with van der Waals surface area (Å²) in [6, 6.07) is 0. The van der Waals surface area contributed by atoms with E-state index in [1.54, 1.807) is 7.05 Å². The zero-order chi connectivity index (χ0) is 10.0. The zero-order valence-corrected chi connectivity index (χ0v) is 7.87. The molecule has 0 amide bonds. The number of aryl methyl sites for hydroxylation is 2. The number of ether oxygens (including phenoxy) is 1. The van der Waals surface area contributed by atoms with Crippen molar-refractivity contribution in [1.29, 1.82) is 0 Å². The van der Waals surface area contributed by atoms with Gasteiger partial charge in [-0.3, -0.25) is 0 Å². The largest absolute Gasteiger partial charge is 0.481 e. The molecule has 1 aromatic heterocycles. The van der Waals surface area contributed by atoms with Gasteiger partial charge in [-0.25, -0.2) is 9.48 Å². The molecule has 0 aliphatic rings. The SMILES string of the molecule is CCc1nn(C)c(OC)c1C(=O)O. The summed E-state index contributed by atoms with van der Waals surface area (Å²) in [6.45, 7) is 1.86. The molecule has 5 heteroatoms. The van der Waals surface area contributed by atoms with E-state index in [2.05, 4.69) is 5.10 Å². The number of carboxylic acid groups (broad SMARTS) is 1. The number of hydrogen-bond acceptors (Lipinski definition) is 3. The van der Waals surface area contributed by atoms with Gasteiger partial charge in [-0.2, -0.15) is 5.10 Å². The smallest absolute Gasteiger partial charge is 0.343 e. The Hall–Kier alpha value is -1.52. The number of aromatic nitrogens is 2. The number of hydrogen-bond donors (Lipinski definition) is 1. The minimum absolute atomic E-state index is 0.160. The molecule has 0 fully saturated rings. The Labute approximate surface area is 75.9 Å². The average Bonchev–Trinajstić information content (AvgIpc) is 2.41. The van der Waals surface area contributed by atoms with Crippen LogP contribution in [0, 0.1) is 0 Å². The van der Waals surface area contributed by atoms with Gasteiger partial charge in [-0.15, -0.1) is 0 Å². The monoisotopic (exact) mass is 184 g/mol. The number of nitrogens with zero attached hydrogens (tertiary/aromatic N) is 2. The lowest BCUT2D eigenvalue weighted by Gasteiger charge is -1.99. The first-order valence-corrected chi connectivity index (χ1v) is 3.95. The van der Waals surface area contributed by atoms with Crippen LogP contribution in [0.5, 0.6) is 5.88 Å². The first-order chi connectivity index (χ1) is 6.11. The van der Waals surface area contributed by atoms with Crippen LogP contribution in [0.2, 0.25) is 0 Å². The maximum absolute atomic E-state index is 10.8. The van der Waals surface area contributed by atoms with E-state index < -0.39 is 5.97 Å². The van der Waals surface area contributed by atoms with Crippen LogP contribution in [-0.2, 0) is 13.5 Å². The lowest BCUT2D eigenvalue weighted by Crippen LogP contribution is -2.02. The number of rotatable bonds is 3. The van der Waals surface area contributed by atoms with Crippen molar-refractivity contribution in [2.45, 2.75) is 13.3 Å². The van der Waals surface area contributed by atoms with Crippen molar-refractivity contribution in [2.24, 2.45) is 7.05 Å². The van der Waals surface area contributed by atoms with Crippen LogP contribution in [0.4, 0.5) is 0 Å². The van der Waals surface area contributed by atoms with Gasteiger partial charge >= 0.3 is 5.97 Å². The maximum atomic E-state index is 10.8. The Balaban J connectivity index is 3.32. The predicted octanol–water partition coefficient (Wildman–Crippen LogP) is 0.689. The molecular weight excluding hydrogens is 172 g/mol. The average molecular weight is 184 g/mol. The molecule has 13 heavy (non-hydrogen) atoms. The van der Waals surface area contributed by atoms with Crippen molar-refractivity contribution >= 4 is 5.97 Å². The van der Waals surface area contributed by atoms with E-state index in [1.165, 1.54) is 11.8 Å². The number of aromatic carboxylic acids is 1. The zero-order valence-electron chi connectivity index (χ0n) is 7.87. The fourth-order valence-electron chi connectivity index (χ4n) is 1.26. The van der Waals surface area contributed by atoms with Gasteiger partial charge < -0.3 is 9.84 Å². The molecule has 0 aliphatic heterocycles. The first-order valence-electron chi connectivity index (χ1n) is 3.95. The van der Waals surface area contributed by atoms with E-state index in [0.717, 1.165) is 0 Å². The van der Waals surface area contributed by atoms with E-state index in [0.29, 0.717) is 18.0 Å². The van der Waals surface area contributed by atoms with Crippen molar-refractivity contribution < 1.29 is 14.6 Å². The summed E-state index contributed by atoms with van der Waals surface area (Å²) in [7, 11) is 3.09. The molecule has 0 atom stereocenters.